The van der Waals surface area contributed by atoms with Crippen molar-refractivity contribution in [3.8, 4) is 11.5 Å². The third-order valence-corrected chi connectivity index (χ3v) is 3.29. The van der Waals surface area contributed by atoms with Crippen LogP contribution in [0.5, 0.6) is 11.5 Å². The van der Waals surface area contributed by atoms with E-state index < -0.39 is 11.7 Å². The van der Waals surface area contributed by atoms with Crippen LogP contribution in [0.1, 0.15) is 30.0 Å². The standard InChI is InChI=1S/C12H12F3NO2/c13-12(14,15)8-5-11-10(17-6-18-11)4-7(8)9-2-1-3-16-9/h4-5,9,16H,1-3,6H2. The van der Waals surface area contributed by atoms with E-state index >= 15 is 0 Å². The lowest BCUT2D eigenvalue weighted by Crippen LogP contribution is -2.18. The minimum Gasteiger partial charge on any atom is -0.454 e. The molecule has 0 radical (unpaired) electrons. The molecule has 0 spiro atoms. The summed E-state index contributed by atoms with van der Waals surface area (Å²) in [5.74, 6) is 0.566. The van der Waals surface area contributed by atoms with Crippen molar-refractivity contribution >= 4 is 0 Å². The summed E-state index contributed by atoms with van der Waals surface area (Å²) in [6.07, 6.45) is -2.78. The Hall–Kier alpha value is -1.43. The van der Waals surface area contributed by atoms with Gasteiger partial charge in [-0.15, -0.1) is 0 Å². The van der Waals surface area contributed by atoms with Gasteiger partial charge in [0, 0.05) is 6.04 Å². The average molecular weight is 259 g/mol. The van der Waals surface area contributed by atoms with Gasteiger partial charge >= 0.3 is 6.18 Å². The highest BCUT2D eigenvalue weighted by Crippen LogP contribution is 2.44. The van der Waals surface area contributed by atoms with Gasteiger partial charge < -0.3 is 14.8 Å². The first-order valence-corrected chi connectivity index (χ1v) is 5.80. The van der Waals surface area contributed by atoms with Gasteiger partial charge in [-0.25, -0.2) is 0 Å². The van der Waals surface area contributed by atoms with Gasteiger partial charge in [-0.2, -0.15) is 13.2 Å². The number of hydrogen-bond acceptors (Lipinski definition) is 3. The molecule has 1 saturated heterocycles. The number of benzene rings is 1. The fourth-order valence-corrected chi connectivity index (χ4v) is 2.44. The second kappa shape index (κ2) is 4.05. The molecule has 0 aromatic heterocycles. The predicted octanol–water partition coefficient (Wildman–Crippen LogP) is 2.86. The molecule has 2 aliphatic rings. The van der Waals surface area contributed by atoms with Crippen molar-refractivity contribution in [2.75, 3.05) is 13.3 Å². The number of alkyl halides is 3. The van der Waals surface area contributed by atoms with Crippen LogP contribution < -0.4 is 14.8 Å². The molecule has 6 heteroatoms. The molecule has 0 saturated carbocycles. The van der Waals surface area contributed by atoms with E-state index in [1.807, 2.05) is 0 Å². The van der Waals surface area contributed by atoms with Crippen molar-refractivity contribution in [2.24, 2.45) is 0 Å². The maximum atomic E-state index is 13.0. The highest BCUT2D eigenvalue weighted by atomic mass is 19.4. The van der Waals surface area contributed by atoms with Gasteiger partial charge in [0.25, 0.3) is 0 Å². The molecule has 98 valence electrons. The number of fused-ring (bicyclic) bond motifs is 1. The third kappa shape index (κ3) is 1.90. The summed E-state index contributed by atoms with van der Waals surface area (Å²) < 4.78 is 49.3. The summed E-state index contributed by atoms with van der Waals surface area (Å²) in [7, 11) is 0. The quantitative estimate of drug-likeness (QED) is 0.841. The third-order valence-electron chi connectivity index (χ3n) is 3.29. The monoisotopic (exact) mass is 259 g/mol. The summed E-state index contributed by atoms with van der Waals surface area (Å²) in [6.45, 7) is 0.727. The molecule has 1 fully saturated rings. The molecule has 1 aromatic rings. The average Bonchev–Trinajstić information content (AvgIpc) is 2.97. The summed E-state index contributed by atoms with van der Waals surface area (Å²) in [5, 5.41) is 3.08. The van der Waals surface area contributed by atoms with Crippen molar-refractivity contribution in [1.82, 2.24) is 5.32 Å². The minimum absolute atomic E-state index is 0.0197. The Balaban J connectivity index is 2.09. The van der Waals surface area contributed by atoms with Crippen molar-refractivity contribution in [3.63, 3.8) is 0 Å². The normalized spacial score (nSPS) is 22.5. The van der Waals surface area contributed by atoms with Crippen molar-refractivity contribution in [3.05, 3.63) is 23.3 Å². The van der Waals surface area contributed by atoms with Crippen molar-refractivity contribution < 1.29 is 22.6 Å². The molecule has 3 nitrogen and oxygen atoms in total. The number of nitrogens with one attached hydrogen (secondary N) is 1. The molecule has 18 heavy (non-hydrogen) atoms. The number of hydrogen-bond donors (Lipinski definition) is 1. The van der Waals surface area contributed by atoms with Gasteiger partial charge in [0.1, 0.15) is 0 Å². The van der Waals surface area contributed by atoms with Crippen LogP contribution in [-0.4, -0.2) is 13.3 Å². The number of rotatable bonds is 1. The summed E-state index contributed by atoms with van der Waals surface area (Å²) >= 11 is 0. The van der Waals surface area contributed by atoms with Crippen LogP contribution in [0.3, 0.4) is 0 Å². The van der Waals surface area contributed by atoms with Gasteiger partial charge in [-0.3, -0.25) is 0 Å². The lowest BCUT2D eigenvalue weighted by atomic mass is 9.98. The molecular weight excluding hydrogens is 247 g/mol. The molecule has 3 rings (SSSR count). The fourth-order valence-electron chi connectivity index (χ4n) is 2.44. The molecule has 1 unspecified atom stereocenters. The lowest BCUT2D eigenvalue weighted by molar-refractivity contribution is -0.138. The second-order valence-electron chi connectivity index (χ2n) is 4.44. The number of halogens is 3. The molecular formula is C12H12F3NO2. The maximum Gasteiger partial charge on any atom is 0.416 e. The van der Waals surface area contributed by atoms with Crippen molar-refractivity contribution in [1.29, 1.82) is 0 Å². The summed E-state index contributed by atoms with van der Waals surface area (Å²) in [6, 6.07) is 2.24. The van der Waals surface area contributed by atoms with E-state index in [1.54, 1.807) is 0 Å². The zero-order valence-corrected chi connectivity index (χ0v) is 9.51. The van der Waals surface area contributed by atoms with Crippen LogP contribution in [0.4, 0.5) is 13.2 Å². The predicted molar refractivity (Wildman–Crippen MR) is 57.5 cm³/mol. The Morgan fingerprint density at radius 2 is 1.89 bits per heavy atom. The van der Waals surface area contributed by atoms with Gasteiger partial charge in [-0.05, 0) is 37.1 Å². The Bertz CT molecular complexity index is 467. The van der Waals surface area contributed by atoms with E-state index in [4.69, 9.17) is 9.47 Å². The van der Waals surface area contributed by atoms with Gasteiger partial charge in [-0.1, -0.05) is 0 Å². The van der Waals surface area contributed by atoms with Crippen LogP contribution in [0.2, 0.25) is 0 Å². The van der Waals surface area contributed by atoms with Crippen LogP contribution in [0, 0.1) is 0 Å². The first-order chi connectivity index (χ1) is 8.55. The molecule has 0 amide bonds. The molecule has 1 aromatic carbocycles. The zero-order valence-electron chi connectivity index (χ0n) is 9.51. The van der Waals surface area contributed by atoms with E-state index in [0.29, 0.717) is 12.2 Å². The van der Waals surface area contributed by atoms with Gasteiger partial charge in [0.05, 0.1) is 5.56 Å². The van der Waals surface area contributed by atoms with E-state index in [0.717, 1.165) is 19.0 Å². The van der Waals surface area contributed by atoms with Gasteiger partial charge in [0.2, 0.25) is 6.79 Å². The lowest BCUT2D eigenvalue weighted by Gasteiger charge is -2.18. The first kappa shape index (κ1) is 11.6. The summed E-state index contributed by atoms with van der Waals surface area (Å²) in [4.78, 5) is 0. The SMILES string of the molecule is FC(F)(F)c1cc2c(cc1C1CCCN1)OCO2. The smallest absolute Gasteiger partial charge is 0.416 e. The highest BCUT2D eigenvalue weighted by Gasteiger charge is 2.38. The summed E-state index contributed by atoms with van der Waals surface area (Å²) in [5.41, 5.74) is -0.379. The minimum atomic E-state index is -4.37. The number of ether oxygens (including phenoxy) is 2. The molecule has 2 heterocycles. The van der Waals surface area contributed by atoms with Crippen LogP contribution >= 0.6 is 0 Å². The largest absolute Gasteiger partial charge is 0.454 e. The Morgan fingerprint density at radius 3 is 2.50 bits per heavy atom. The fraction of sp³-hybridized carbons (Fsp3) is 0.500. The van der Waals surface area contributed by atoms with Crippen molar-refractivity contribution in [2.45, 2.75) is 25.1 Å². The Labute approximate surface area is 102 Å². The molecule has 0 aliphatic carbocycles. The van der Waals surface area contributed by atoms with E-state index in [1.165, 1.54) is 6.07 Å². The topological polar surface area (TPSA) is 30.5 Å². The molecule has 2 aliphatic heterocycles. The van der Waals surface area contributed by atoms with Crippen LogP contribution in [0.15, 0.2) is 12.1 Å². The van der Waals surface area contributed by atoms with Crippen LogP contribution in [0.25, 0.3) is 0 Å². The Kier molecular flexibility index (Phi) is 2.62. The Morgan fingerprint density at radius 1 is 1.17 bits per heavy atom. The highest BCUT2D eigenvalue weighted by molar-refractivity contribution is 5.50. The molecule has 1 N–H and O–H groups in total. The van der Waals surface area contributed by atoms with Crippen LogP contribution in [-0.2, 0) is 6.18 Å². The molecule has 1 atom stereocenters. The second-order valence-corrected chi connectivity index (χ2v) is 4.44. The van der Waals surface area contributed by atoms with Gasteiger partial charge in [0.15, 0.2) is 11.5 Å². The maximum absolute atomic E-state index is 13.0. The zero-order chi connectivity index (χ0) is 12.8. The molecule has 0 bridgehead atoms. The van der Waals surface area contributed by atoms with E-state index in [2.05, 4.69) is 5.32 Å². The first-order valence-electron chi connectivity index (χ1n) is 5.80. The van der Waals surface area contributed by atoms with E-state index in [-0.39, 0.29) is 24.1 Å². The van der Waals surface area contributed by atoms with E-state index in [9.17, 15) is 13.2 Å².